The van der Waals surface area contributed by atoms with E-state index in [1.165, 1.54) is 0 Å². The molecule has 2 rings (SSSR count). The number of rotatable bonds is 5. The fourth-order valence-electron chi connectivity index (χ4n) is 2.67. The van der Waals surface area contributed by atoms with Crippen molar-refractivity contribution in [2.45, 2.75) is 39.8 Å². The van der Waals surface area contributed by atoms with E-state index in [1.807, 2.05) is 32.0 Å². The SMILES string of the molecule is COc1ccc2c(c1)CN(C(=O)CC(C)(C)CC(=O)O)C2. The molecule has 0 saturated carbocycles. The summed E-state index contributed by atoms with van der Waals surface area (Å²) < 4.78 is 5.19. The van der Waals surface area contributed by atoms with E-state index in [9.17, 15) is 9.59 Å². The molecule has 0 fully saturated rings. The quantitative estimate of drug-likeness (QED) is 0.904. The fraction of sp³-hybridized carbons (Fsp3) is 0.500. The molecule has 114 valence electrons. The summed E-state index contributed by atoms with van der Waals surface area (Å²) in [6.07, 6.45) is 0.234. The van der Waals surface area contributed by atoms with Crippen LogP contribution in [0.25, 0.3) is 0 Å². The van der Waals surface area contributed by atoms with Gasteiger partial charge in [0.2, 0.25) is 5.91 Å². The van der Waals surface area contributed by atoms with Crippen LogP contribution in [-0.2, 0) is 22.7 Å². The van der Waals surface area contributed by atoms with Gasteiger partial charge in [-0.2, -0.15) is 0 Å². The van der Waals surface area contributed by atoms with E-state index < -0.39 is 11.4 Å². The van der Waals surface area contributed by atoms with Crippen LogP contribution < -0.4 is 4.74 Å². The summed E-state index contributed by atoms with van der Waals surface area (Å²) in [7, 11) is 1.62. The smallest absolute Gasteiger partial charge is 0.303 e. The number of ether oxygens (including phenoxy) is 1. The molecule has 0 aliphatic carbocycles. The maximum atomic E-state index is 12.4. The molecular weight excluding hydrogens is 270 g/mol. The third kappa shape index (κ3) is 3.74. The fourth-order valence-corrected chi connectivity index (χ4v) is 2.67. The average molecular weight is 291 g/mol. The first kappa shape index (κ1) is 15.4. The molecule has 0 bridgehead atoms. The molecule has 5 heteroatoms. The van der Waals surface area contributed by atoms with Crippen LogP contribution >= 0.6 is 0 Å². The molecule has 0 unspecified atom stereocenters. The molecule has 1 aliphatic heterocycles. The van der Waals surface area contributed by atoms with E-state index in [1.54, 1.807) is 12.0 Å². The first-order valence-corrected chi connectivity index (χ1v) is 6.96. The summed E-state index contributed by atoms with van der Waals surface area (Å²) in [4.78, 5) is 25.0. The molecule has 0 spiro atoms. The van der Waals surface area contributed by atoms with Gasteiger partial charge in [0.25, 0.3) is 0 Å². The van der Waals surface area contributed by atoms with Gasteiger partial charge in [0.05, 0.1) is 13.5 Å². The maximum Gasteiger partial charge on any atom is 0.303 e. The molecule has 1 aromatic rings. The molecule has 1 amide bonds. The minimum atomic E-state index is -0.873. The Hall–Kier alpha value is -2.04. The molecule has 5 nitrogen and oxygen atoms in total. The van der Waals surface area contributed by atoms with Crippen LogP contribution in [0.1, 0.15) is 37.8 Å². The molecule has 1 aliphatic rings. The highest BCUT2D eigenvalue weighted by Gasteiger charge is 2.30. The molecule has 0 aromatic heterocycles. The molecule has 1 heterocycles. The topological polar surface area (TPSA) is 66.8 Å². The zero-order chi connectivity index (χ0) is 15.6. The lowest BCUT2D eigenvalue weighted by atomic mass is 9.85. The summed E-state index contributed by atoms with van der Waals surface area (Å²) >= 11 is 0. The summed E-state index contributed by atoms with van der Waals surface area (Å²) in [5, 5.41) is 8.89. The lowest BCUT2D eigenvalue weighted by molar-refractivity contribution is -0.140. The van der Waals surface area contributed by atoms with Gasteiger partial charge in [0, 0.05) is 19.5 Å². The number of nitrogens with zero attached hydrogens (tertiary/aromatic N) is 1. The molecule has 1 N–H and O–H groups in total. The van der Waals surface area contributed by atoms with Gasteiger partial charge in [0.1, 0.15) is 5.75 Å². The lowest BCUT2D eigenvalue weighted by Gasteiger charge is -2.25. The Labute approximate surface area is 124 Å². The Morgan fingerprint density at radius 1 is 1.24 bits per heavy atom. The summed E-state index contributed by atoms with van der Waals surface area (Å²) in [5.41, 5.74) is 1.69. The number of carboxylic acid groups (broad SMARTS) is 1. The highest BCUT2D eigenvalue weighted by molar-refractivity contribution is 5.78. The van der Waals surface area contributed by atoms with Gasteiger partial charge < -0.3 is 14.7 Å². The maximum absolute atomic E-state index is 12.4. The second-order valence-corrected chi connectivity index (χ2v) is 6.30. The molecule has 0 atom stereocenters. The van der Waals surface area contributed by atoms with Crippen LogP contribution in [0, 0.1) is 5.41 Å². The third-order valence-corrected chi connectivity index (χ3v) is 3.75. The second-order valence-electron chi connectivity index (χ2n) is 6.30. The lowest BCUT2D eigenvalue weighted by Crippen LogP contribution is -2.31. The number of aliphatic carboxylic acids is 1. The largest absolute Gasteiger partial charge is 0.497 e. The van der Waals surface area contributed by atoms with Crippen LogP contribution in [0.15, 0.2) is 18.2 Å². The van der Waals surface area contributed by atoms with Crippen LogP contribution in [0.3, 0.4) is 0 Å². The summed E-state index contributed by atoms with van der Waals surface area (Å²) in [6.45, 7) is 4.77. The number of benzene rings is 1. The van der Waals surface area contributed by atoms with E-state index >= 15 is 0 Å². The van der Waals surface area contributed by atoms with Gasteiger partial charge in [-0.1, -0.05) is 19.9 Å². The average Bonchev–Trinajstić information content (AvgIpc) is 2.79. The van der Waals surface area contributed by atoms with Crippen molar-refractivity contribution in [1.29, 1.82) is 0 Å². The normalized spacial score (nSPS) is 14.0. The predicted molar refractivity (Wildman–Crippen MR) is 77.9 cm³/mol. The number of hydrogen-bond donors (Lipinski definition) is 1. The van der Waals surface area contributed by atoms with Crippen molar-refractivity contribution in [1.82, 2.24) is 4.90 Å². The van der Waals surface area contributed by atoms with Crippen molar-refractivity contribution in [3.63, 3.8) is 0 Å². The Morgan fingerprint density at radius 2 is 1.90 bits per heavy atom. The van der Waals surface area contributed by atoms with Crippen molar-refractivity contribution < 1.29 is 19.4 Å². The number of amides is 1. The van der Waals surface area contributed by atoms with E-state index in [0.717, 1.165) is 16.9 Å². The van der Waals surface area contributed by atoms with Crippen molar-refractivity contribution in [3.8, 4) is 5.75 Å². The zero-order valence-corrected chi connectivity index (χ0v) is 12.7. The van der Waals surface area contributed by atoms with E-state index in [-0.39, 0.29) is 18.7 Å². The Kier molecular flexibility index (Phi) is 4.21. The summed E-state index contributed by atoms with van der Waals surface area (Å²) in [6, 6.07) is 5.82. The first-order valence-electron chi connectivity index (χ1n) is 6.96. The minimum Gasteiger partial charge on any atom is -0.497 e. The van der Waals surface area contributed by atoms with Crippen molar-refractivity contribution in [2.75, 3.05) is 7.11 Å². The zero-order valence-electron chi connectivity index (χ0n) is 12.7. The number of carbonyl (C=O) groups excluding carboxylic acids is 1. The standard InChI is InChI=1S/C16H21NO4/c1-16(2,8-15(19)20)7-14(18)17-9-11-4-5-13(21-3)6-12(11)10-17/h4-6H,7-10H2,1-3H3,(H,19,20). The highest BCUT2D eigenvalue weighted by atomic mass is 16.5. The van der Waals surface area contributed by atoms with Gasteiger partial charge >= 0.3 is 5.97 Å². The first-order chi connectivity index (χ1) is 9.80. The third-order valence-electron chi connectivity index (χ3n) is 3.75. The molecule has 0 saturated heterocycles. The summed E-state index contributed by atoms with van der Waals surface area (Å²) in [5.74, 6) is -0.0899. The highest BCUT2D eigenvalue weighted by Crippen LogP contribution is 2.31. The number of carboxylic acids is 1. The molecule has 1 aromatic carbocycles. The number of fused-ring (bicyclic) bond motifs is 1. The number of hydrogen-bond acceptors (Lipinski definition) is 3. The van der Waals surface area contributed by atoms with Gasteiger partial charge in [-0.3, -0.25) is 9.59 Å². The predicted octanol–water partition coefficient (Wildman–Crippen LogP) is 2.43. The van der Waals surface area contributed by atoms with E-state index in [2.05, 4.69) is 0 Å². The second kappa shape index (κ2) is 5.76. The molecular formula is C16H21NO4. The van der Waals surface area contributed by atoms with Crippen LogP contribution in [0.2, 0.25) is 0 Å². The monoisotopic (exact) mass is 291 g/mol. The van der Waals surface area contributed by atoms with Crippen molar-refractivity contribution in [3.05, 3.63) is 29.3 Å². The van der Waals surface area contributed by atoms with E-state index in [0.29, 0.717) is 13.1 Å². The Balaban J connectivity index is 2.02. The van der Waals surface area contributed by atoms with Crippen molar-refractivity contribution >= 4 is 11.9 Å². The van der Waals surface area contributed by atoms with Crippen molar-refractivity contribution in [2.24, 2.45) is 5.41 Å². The van der Waals surface area contributed by atoms with Crippen LogP contribution in [0.4, 0.5) is 0 Å². The van der Waals surface area contributed by atoms with Gasteiger partial charge in [-0.15, -0.1) is 0 Å². The Morgan fingerprint density at radius 3 is 2.52 bits per heavy atom. The number of carbonyl (C=O) groups is 2. The molecule has 21 heavy (non-hydrogen) atoms. The van der Waals surface area contributed by atoms with Crippen LogP contribution in [0.5, 0.6) is 5.75 Å². The Bertz CT molecular complexity index is 565. The van der Waals surface area contributed by atoms with Gasteiger partial charge in [-0.05, 0) is 28.7 Å². The minimum absolute atomic E-state index is 0.00332. The van der Waals surface area contributed by atoms with Gasteiger partial charge in [-0.25, -0.2) is 0 Å². The van der Waals surface area contributed by atoms with Crippen LogP contribution in [-0.4, -0.2) is 29.0 Å². The van der Waals surface area contributed by atoms with Gasteiger partial charge in [0.15, 0.2) is 0 Å². The van der Waals surface area contributed by atoms with E-state index in [4.69, 9.17) is 9.84 Å². The molecule has 0 radical (unpaired) electrons. The number of methoxy groups -OCH3 is 1.